The summed E-state index contributed by atoms with van der Waals surface area (Å²) in [6.45, 7) is 10.6. The highest BCUT2D eigenvalue weighted by Gasteiger charge is 2.31. The maximum atomic E-state index is 11.5. The first-order chi connectivity index (χ1) is 8.20. The number of nitrogens with two attached hydrogens (primary N) is 1. The van der Waals surface area contributed by atoms with E-state index >= 15 is 0 Å². The summed E-state index contributed by atoms with van der Waals surface area (Å²) in [5.74, 6) is 0.446. The monoisotopic (exact) mass is 256 g/mol. The molecule has 0 radical (unpaired) electrons. The lowest BCUT2D eigenvalue weighted by Crippen LogP contribution is -2.50. The molecule has 0 rings (SSSR count). The number of hydrogen-bond acceptors (Lipinski definition) is 2. The minimum atomic E-state index is -0.870. The topological polar surface area (TPSA) is 66.6 Å². The van der Waals surface area contributed by atoms with Crippen molar-refractivity contribution in [2.75, 3.05) is 6.54 Å². The summed E-state index contributed by atoms with van der Waals surface area (Å²) < 4.78 is 0. The number of nitrogens with zero attached hydrogens (tertiary/aromatic N) is 1. The van der Waals surface area contributed by atoms with E-state index in [0.29, 0.717) is 12.5 Å². The van der Waals surface area contributed by atoms with Crippen molar-refractivity contribution < 1.29 is 9.90 Å². The lowest BCUT2D eigenvalue weighted by atomic mass is 9.96. The van der Waals surface area contributed by atoms with Crippen LogP contribution in [0.1, 0.15) is 47.5 Å². The van der Waals surface area contributed by atoms with Crippen LogP contribution in [-0.4, -0.2) is 34.2 Å². The van der Waals surface area contributed by atoms with Crippen molar-refractivity contribution >= 4 is 6.09 Å². The molecule has 0 saturated heterocycles. The van der Waals surface area contributed by atoms with Gasteiger partial charge in [-0.3, -0.25) is 4.90 Å². The standard InChI is InChI=1S/C14H28N2O2/c1-11(2)10-12(8-6-7-9-15)16(13(17)18)14(3,4)5/h6,8,11-12H,7,9-10,15H2,1-5H3,(H,17,18)/t12-/m1/s1. The van der Waals surface area contributed by atoms with E-state index in [1.807, 2.05) is 32.9 Å². The van der Waals surface area contributed by atoms with E-state index in [2.05, 4.69) is 13.8 Å². The molecule has 0 bridgehead atoms. The van der Waals surface area contributed by atoms with Crippen LogP contribution in [0.15, 0.2) is 12.2 Å². The predicted molar refractivity (Wildman–Crippen MR) is 75.7 cm³/mol. The van der Waals surface area contributed by atoms with Gasteiger partial charge in [0.2, 0.25) is 0 Å². The van der Waals surface area contributed by atoms with Gasteiger partial charge in [-0.25, -0.2) is 4.79 Å². The van der Waals surface area contributed by atoms with Crippen LogP contribution in [-0.2, 0) is 0 Å². The van der Waals surface area contributed by atoms with Gasteiger partial charge in [0.25, 0.3) is 0 Å². The van der Waals surface area contributed by atoms with Crippen molar-refractivity contribution in [1.82, 2.24) is 4.90 Å². The molecule has 0 aromatic heterocycles. The summed E-state index contributed by atoms with van der Waals surface area (Å²) >= 11 is 0. The van der Waals surface area contributed by atoms with Crippen molar-refractivity contribution in [3.8, 4) is 0 Å². The van der Waals surface area contributed by atoms with Crippen molar-refractivity contribution in [1.29, 1.82) is 0 Å². The van der Waals surface area contributed by atoms with Crippen LogP contribution in [0.3, 0.4) is 0 Å². The van der Waals surface area contributed by atoms with Gasteiger partial charge in [-0.05, 0) is 46.1 Å². The maximum absolute atomic E-state index is 11.5. The van der Waals surface area contributed by atoms with Crippen molar-refractivity contribution in [2.45, 2.75) is 59.0 Å². The molecule has 0 unspecified atom stereocenters. The quantitative estimate of drug-likeness (QED) is 0.718. The first-order valence-corrected chi connectivity index (χ1v) is 6.59. The van der Waals surface area contributed by atoms with Gasteiger partial charge in [-0.2, -0.15) is 0 Å². The van der Waals surface area contributed by atoms with Crippen LogP contribution < -0.4 is 5.73 Å². The number of amides is 1. The van der Waals surface area contributed by atoms with E-state index in [-0.39, 0.29) is 6.04 Å². The lowest BCUT2D eigenvalue weighted by molar-refractivity contribution is 0.0773. The van der Waals surface area contributed by atoms with Gasteiger partial charge in [0.1, 0.15) is 0 Å². The fourth-order valence-corrected chi connectivity index (χ4v) is 2.03. The average molecular weight is 256 g/mol. The molecular weight excluding hydrogens is 228 g/mol. The van der Waals surface area contributed by atoms with Crippen molar-refractivity contribution in [3.05, 3.63) is 12.2 Å². The summed E-state index contributed by atoms with van der Waals surface area (Å²) in [4.78, 5) is 13.0. The van der Waals surface area contributed by atoms with Crippen LogP contribution in [0, 0.1) is 5.92 Å². The van der Waals surface area contributed by atoms with E-state index in [1.54, 1.807) is 0 Å². The number of hydrogen-bond donors (Lipinski definition) is 2. The first kappa shape index (κ1) is 17.0. The number of carbonyl (C=O) groups is 1. The molecule has 0 fully saturated rings. The zero-order valence-electron chi connectivity index (χ0n) is 12.3. The molecule has 0 aromatic rings. The lowest BCUT2D eigenvalue weighted by Gasteiger charge is -2.39. The van der Waals surface area contributed by atoms with Gasteiger partial charge in [0.05, 0.1) is 6.04 Å². The fourth-order valence-electron chi connectivity index (χ4n) is 2.03. The zero-order valence-corrected chi connectivity index (χ0v) is 12.3. The largest absolute Gasteiger partial charge is 0.465 e. The molecule has 0 aromatic carbocycles. The van der Waals surface area contributed by atoms with Gasteiger partial charge in [0, 0.05) is 5.54 Å². The summed E-state index contributed by atoms with van der Waals surface area (Å²) in [6, 6.07) is -0.0888. The Morgan fingerprint density at radius 1 is 1.39 bits per heavy atom. The van der Waals surface area contributed by atoms with Gasteiger partial charge in [-0.15, -0.1) is 0 Å². The Kier molecular flexibility index (Phi) is 6.99. The third-order valence-electron chi connectivity index (χ3n) is 2.66. The third kappa shape index (κ3) is 6.05. The van der Waals surface area contributed by atoms with E-state index in [9.17, 15) is 9.90 Å². The normalized spacial score (nSPS) is 14.2. The fraction of sp³-hybridized carbons (Fsp3) is 0.786. The number of rotatable bonds is 6. The Morgan fingerprint density at radius 3 is 2.28 bits per heavy atom. The van der Waals surface area contributed by atoms with Crippen LogP contribution in [0.25, 0.3) is 0 Å². The molecule has 0 saturated carbocycles. The minimum absolute atomic E-state index is 0.0888. The molecule has 3 N–H and O–H groups in total. The molecule has 106 valence electrons. The molecule has 0 spiro atoms. The van der Waals surface area contributed by atoms with Crippen LogP contribution in [0.4, 0.5) is 4.79 Å². The van der Waals surface area contributed by atoms with Crippen molar-refractivity contribution in [2.24, 2.45) is 11.7 Å². The highest BCUT2D eigenvalue weighted by atomic mass is 16.4. The molecule has 1 amide bonds. The van der Waals surface area contributed by atoms with E-state index < -0.39 is 11.6 Å². The third-order valence-corrected chi connectivity index (χ3v) is 2.66. The zero-order chi connectivity index (χ0) is 14.3. The van der Waals surface area contributed by atoms with E-state index in [1.165, 1.54) is 4.90 Å². The van der Waals surface area contributed by atoms with E-state index in [4.69, 9.17) is 5.73 Å². The minimum Gasteiger partial charge on any atom is -0.465 e. The predicted octanol–water partition coefficient (Wildman–Crippen LogP) is 3.08. The number of carboxylic acid groups (broad SMARTS) is 1. The SMILES string of the molecule is CC(C)C[C@@H](C=CCCN)N(C(=O)O)C(C)(C)C. The molecule has 1 atom stereocenters. The second-order valence-corrected chi connectivity index (χ2v) is 6.03. The van der Waals surface area contributed by atoms with Gasteiger partial charge in [0.15, 0.2) is 0 Å². The highest BCUT2D eigenvalue weighted by Crippen LogP contribution is 2.23. The Morgan fingerprint density at radius 2 is 1.94 bits per heavy atom. The summed E-state index contributed by atoms with van der Waals surface area (Å²) in [5.41, 5.74) is 5.05. The molecule has 0 aliphatic rings. The van der Waals surface area contributed by atoms with Gasteiger partial charge >= 0.3 is 6.09 Å². The highest BCUT2D eigenvalue weighted by molar-refractivity contribution is 5.66. The van der Waals surface area contributed by atoms with Crippen molar-refractivity contribution in [3.63, 3.8) is 0 Å². The Hall–Kier alpha value is -1.03. The summed E-state index contributed by atoms with van der Waals surface area (Å²) in [5, 5.41) is 9.42. The van der Waals surface area contributed by atoms with Gasteiger partial charge in [-0.1, -0.05) is 26.0 Å². The Labute approximate surface area is 111 Å². The van der Waals surface area contributed by atoms with Crippen LogP contribution in [0.5, 0.6) is 0 Å². The molecule has 4 nitrogen and oxygen atoms in total. The maximum Gasteiger partial charge on any atom is 0.408 e. The second-order valence-electron chi connectivity index (χ2n) is 6.03. The van der Waals surface area contributed by atoms with E-state index in [0.717, 1.165) is 12.8 Å². The molecule has 4 heteroatoms. The van der Waals surface area contributed by atoms with Gasteiger partial charge < -0.3 is 10.8 Å². The molecular formula is C14H28N2O2. The smallest absolute Gasteiger partial charge is 0.408 e. The van der Waals surface area contributed by atoms with Crippen LogP contribution in [0.2, 0.25) is 0 Å². The molecule has 0 aliphatic heterocycles. The molecule has 18 heavy (non-hydrogen) atoms. The Bertz CT molecular complexity index is 280. The average Bonchev–Trinajstić information content (AvgIpc) is 2.13. The molecule has 0 heterocycles. The Balaban J connectivity index is 5.04. The summed E-state index contributed by atoms with van der Waals surface area (Å²) in [7, 11) is 0. The van der Waals surface area contributed by atoms with Crippen LogP contribution >= 0.6 is 0 Å². The molecule has 0 aliphatic carbocycles. The summed E-state index contributed by atoms with van der Waals surface area (Å²) in [6.07, 6.45) is 4.70. The first-order valence-electron chi connectivity index (χ1n) is 6.59. The second kappa shape index (κ2) is 7.41.